The van der Waals surface area contributed by atoms with Crippen molar-refractivity contribution >= 4 is 11.8 Å². The number of nitrogens with zero attached hydrogens (tertiary/aromatic N) is 4. The highest BCUT2D eigenvalue weighted by molar-refractivity contribution is 7.98. The van der Waals surface area contributed by atoms with Gasteiger partial charge in [0.05, 0.1) is 7.11 Å². The molecule has 0 spiro atoms. The lowest BCUT2D eigenvalue weighted by Crippen LogP contribution is -2.34. The number of para-hydroxylation sites is 1. The Morgan fingerprint density at radius 3 is 2.87 bits per heavy atom. The lowest BCUT2D eigenvalue weighted by molar-refractivity contribution is 0.193. The molecule has 0 amide bonds. The molecule has 5 nitrogen and oxygen atoms in total. The molecule has 3 rings (SSSR count). The molecule has 23 heavy (non-hydrogen) atoms. The SMILES string of the molecule is COc1ccccc1CN1CCCC(c2nnc(SC)n2C)C1. The summed E-state index contributed by atoms with van der Waals surface area (Å²) in [5.41, 5.74) is 1.25. The zero-order chi connectivity index (χ0) is 16.2. The van der Waals surface area contributed by atoms with Crippen molar-refractivity contribution in [3.63, 3.8) is 0 Å². The molecule has 1 fully saturated rings. The van der Waals surface area contributed by atoms with Crippen LogP contribution in [-0.4, -0.2) is 46.1 Å². The second-order valence-corrected chi connectivity index (χ2v) is 6.76. The van der Waals surface area contributed by atoms with Gasteiger partial charge in [-0.15, -0.1) is 10.2 Å². The minimum Gasteiger partial charge on any atom is -0.496 e. The number of benzene rings is 1. The number of ether oxygens (including phenoxy) is 1. The number of likely N-dealkylation sites (tertiary alicyclic amines) is 1. The Bertz CT molecular complexity index is 658. The fourth-order valence-corrected chi connectivity index (χ4v) is 3.83. The molecule has 0 radical (unpaired) electrons. The molecule has 1 aromatic heterocycles. The number of hydrogen-bond donors (Lipinski definition) is 0. The quantitative estimate of drug-likeness (QED) is 0.788. The summed E-state index contributed by atoms with van der Waals surface area (Å²) in [6, 6.07) is 8.28. The second-order valence-electron chi connectivity index (χ2n) is 5.99. The van der Waals surface area contributed by atoms with Gasteiger partial charge in [0.15, 0.2) is 5.16 Å². The summed E-state index contributed by atoms with van der Waals surface area (Å²) >= 11 is 1.65. The minimum atomic E-state index is 0.455. The molecule has 2 aromatic rings. The summed E-state index contributed by atoms with van der Waals surface area (Å²) in [7, 11) is 3.81. The van der Waals surface area contributed by atoms with Crippen LogP contribution in [0.3, 0.4) is 0 Å². The molecule has 1 unspecified atom stereocenters. The molecule has 1 aromatic carbocycles. The van der Waals surface area contributed by atoms with E-state index in [1.807, 2.05) is 18.4 Å². The Morgan fingerprint density at radius 1 is 1.30 bits per heavy atom. The highest BCUT2D eigenvalue weighted by atomic mass is 32.2. The normalized spacial score (nSPS) is 19.0. The van der Waals surface area contributed by atoms with Crippen LogP contribution in [0.15, 0.2) is 29.4 Å². The van der Waals surface area contributed by atoms with Crippen LogP contribution in [0.4, 0.5) is 0 Å². The second kappa shape index (κ2) is 7.36. The largest absolute Gasteiger partial charge is 0.496 e. The Hall–Kier alpha value is -1.53. The monoisotopic (exact) mass is 332 g/mol. The Balaban J connectivity index is 1.72. The van der Waals surface area contributed by atoms with Gasteiger partial charge in [0.1, 0.15) is 11.6 Å². The van der Waals surface area contributed by atoms with Gasteiger partial charge in [0.25, 0.3) is 0 Å². The summed E-state index contributed by atoms with van der Waals surface area (Å²) in [6.07, 6.45) is 4.42. The third kappa shape index (κ3) is 3.53. The number of aromatic nitrogens is 3. The highest BCUT2D eigenvalue weighted by Crippen LogP contribution is 2.29. The van der Waals surface area contributed by atoms with Crippen LogP contribution in [0.25, 0.3) is 0 Å². The Labute approximate surface area is 142 Å². The van der Waals surface area contributed by atoms with E-state index in [4.69, 9.17) is 4.74 Å². The van der Waals surface area contributed by atoms with Gasteiger partial charge in [-0.1, -0.05) is 30.0 Å². The number of piperidine rings is 1. The zero-order valence-electron chi connectivity index (χ0n) is 14.0. The third-order valence-electron chi connectivity index (χ3n) is 4.51. The molecule has 1 atom stereocenters. The van der Waals surface area contributed by atoms with Gasteiger partial charge < -0.3 is 9.30 Å². The average molecular weight is 332 g/mol. The number of methoxy groups -OCH3 is 1. The first-order chi connectivity index (χ1) is 11.2. The van der Waals surface area contributed by atoms with E-state index in [0.29, 0.717) is 5.92 Å². The van der Waals surface area contributed by atoms with E-state index < -0.39 is 0 Å². The van der Waals surface area contributed by atoms with Crippen molar-refractivity contribution < 1.29 is 4.74 Å². The van der Waals surface area contributed by atoms with Crippen LogP contribution in [0.1, 0.15) is 30.1 Å². The average Bonchev–Trinajstić information content (AvgIpc) is 2.96. The molecular weight excluding hydrogens is 308 g/mol. The van der Waals surface area contributed by atoms with Crippen molar-refractivity contribution in [3.05, 3.63) is 35.7 Å². The van der Waals surface area contributed by atoms with Gasteiger partial charge in [-0.05, 0) is 31.7 Å². The lowest BCUT2D eigenvalue weighted by Gasteiger charge is -2.32. The van der Waals surface area contributed by atoms with Crippen molar-refractivity contribution in [2.24, 2.45) is 7.05 Å². The number of rotatable bonds is 5. The predicted octanol–water partition coefficient (Wildman–Crippen LogP) is 2.93. The first-order valence-corrected chi connectivity index (χ1v) is 9.23. The van der Waals surface area contributed by atoms with E-state index >= 15 is 0 Å². The molecule has 0 N–H and O–H groups in total. The van der Waals surface area contributed by atoms with Crippen molar-refractivity contribution in [1.29, 1.82) is 0 Å². The van der Waals surface area contributed by atoms with Crippen LogP contribution in [0.2, 0.25) is 0 Å². The van der Waals surface area contributed by atoms with Crippen LogP contribution >= 0.6 is 11.8 Å². The van der Waals surface area contributed by atoms with Crippen molar-refractivity contribution in [2.45, 2.75) is 30.5 Å². The van der Waals surface area contributed by atoms with Crippen molar-refractivity contribution in [1.82, 2.24) is 19.7 Å². The molecule has 0 bridgehead atoms. The highest BCUT2D eigenvalue weighted by Gasteiger charge is 2.26. The molecule has 1 saturated heterocycles. The standard InChI is InChI=1S/C17H24N4OS/c1-20-16(18-19-17(20)23-3)14-8-6-10-21(12-14)11-13-7-4-5-9-15(13)22-2/h4-5,7,9,14H,6,8,10-12H2,1-3H3. The summed E-state index contributed by atoms with van der Waals surface area (Å²) in [6.45, 7) is 3.08. The van der Waals surface area contributed by atoms with Gasteiger partial charge >= 0.3 is 0 Å². The molecule has 0 aliphatic carbocycles. The molecular formula is C17H24N4OS. The van der Waals surface area contributed by atoms with Crippen molar-refractivity contribution in [3.8, 4) is 5.75 Å². The minimum absolute atomic E-state index is 0.455. The molecule has 2 heterocycles. The number of hydrogen-bond acceptors (Lipinski definition) is 5. The van der Waals surface area contributed by atoms with E-state index in [2.05, 4.69) is 38.8 Å². The van der Waals surface area contributed by atoms with E-state index in [9.17, 15) is 0 Å². The first-order valence-electron chi connectivity index (χ1n) is 8.00. The van der Waals surface area contributed by atoms with Gasteiger partial charge in [0.2, 0.25) is 0 Å². The van der Waals surface area contributed by atoms with Crippen LogP contribution in [0.5, 0.6) is 5.75 Å². The summed E-state index contributed by atoms with van der Waals surface area (Å²) in [5, 5.41) is 9.70. The van der Waals surface area contributed by atoms with Gasteiger partial charge in [-0.3, -0.25) is 4.90 Å². The molecule has 1 aliphatic rings. The Kier molecular flexibility index (Phi) is 5.23. The fourth-order valence-electron chi connectivity index (χ4n) is 3.34. The van der Waals surface area contributed by atoms with Crippen LogP contribution in [-0.2, 0) is 13.6 Å². The van der Waals surface area contributed by atoms with Crippen LogP contribution in [0, 0.1) is 0 Å². The summed E-state index contributed by atoms with van der Waals surface area (Å²) < 4.78 is 7.62. The maximum absolute atomic E-state index is 5.48. The molecule has 124 valence electrons. The molecule has 1 aliphatic heterocycles. The third-order valence-corrected chi connectivity index (χ3v) is 5.23. The molecule has 0 saturated carbocycles. The lowest BCUT2D eigenvalue weighted by atomic mass is 9.96. The van der Waals surface area contributed by atoms with E-state index in [1.54, 1.807) is 18.9 Å². The summed E-state index contributed by atoms with van der Waals surface area (Å²) in [4.78, 5) is 2.50. The predicted molar refractivity (Wildman–Crippen MR) is 93.0 cm³/mol. The van der Waals surface area contributed by atoms with E-state index in [1.165, 1.54) is 18.4 Å². The smallest absolute Gasteiger partial charge is 0.190 e. The fraction of sp³-hybridized carbons (Fsp3) is 0.529. The first kappa shape index (κ1) is 16.3. The molecule has 6 heteroatoms. The summed E-state index contributed by atoms with van der Waals surface area (Å²) in [5.74, 6) is 2.54. The number of thioether (sulfide) groups is 1. The maximum Gasteiger partial charge on any atom is 0.190 e. The Morgan fingerprint density at radius 2 is 2.13 bits per heavy atom. The van der Waals surface area contributed by atoms with Gasteiger partial charge in [0, 0.05) is 31.6 Å². The van der Waals surface area contributed by atoms with E-state index in [-0.39, 0.29) is 0 Å². The zero-order valence-corrected chi connectivity index (χ0v) is 14.8. The van der Waals surface area contributed by atoms with Crippen LogP contribution < -0.4 is 4.74 Å². The topological polar surface area (TPSA) is 43.2 Å². The maximum atomic E-state index is 5.48. The van der Waals surface area contributed by atoms with E-state index in [0.717, 1.165) is 36.4 Å². The van der Waals surface area contributed by atoms with Gasteiger partial charge in [-0.2, -0.15) is 0 Å². The van der Waals surface area contributed by atoms with Gasteiger partial charge in [-0.25, -0.2) is 0 Å². The van der Waals surface area contributed by atoms with Crippen molar-refractivity contribution in [2.75, 3.05) is 26.5 Å².